The largest absolute Gasteiger partial charge is 0.375 e. The molecule has 2 N–H and O–H groups in total. The lowest BCUT2D eigenvalue weighted by Crippen LogP contribution is -1.93. The van der Waals surface area contributed by atoms with E-state index in [2.05, 4.69) is 37.0 Å². The molecule has 3 heteroatoms. The van der Waals surface area contributed by atoms with Gasteiger partial charge in [0.2, 0.25) is 0 Å². The quantitative estimate of drug-likeness (QED) is 0.841. The molecular formula is C12H14N2S. The van der Waals surface area contributed by atoms with Crippen LogP contribution in [0.3, 0.4) is 0 Å². The highest BCUT2D eigenvalue weighted by atomic mass is 32.1. The number of hydrogen-bond donors (Lipinski definition) is 1. The van der Waals surface area contributed by atoms with E-state index in [1.54, 1.807) is 0 Å². The maximum atomic E-state index is 5.60. The molecule has 2 nitrogen and oxygen atoms in total. The fourth-order valence-corrected chi connectivity index (χ4v) is 2.21. The van der Waals surface area contributed by atoms with Crippen LogP contribution in [0.4, 0.5) is 5.13 Å². The fourth-order valence-electron chi connectivity index (χ4n) is 1.64. The van der Waals surface area contributed by atoms with E-state index in [-0.39, 0.29) is 0 Å². The van der Waals surface area contributed by atoms with Gasteiger partial charge in [-0.1, -0.05) is 23.8 Å². The topological polar surface area (TPSA) is 38.9 Å². The Bertz CT molecular complexity index is 474. The third kappa shape index (κ3) is 2.36. The van der Waals surface area contributed by atoms with Gasteiger partial charge < -0.3 is 5.73 Å². The van der Waals surface area contributed by atoms with E-state index in [9.17, 15) is 0 Å². The van der Waals surface area contributed by atoms with Gasteiger partial charge in [-0.2, -0.15) is 0 Å². The predicted molar refractivity (Wildman–Crippen MR) is 65.2 cm³/mol. The SMILES string of the molecule is Cc1ccc(Cc2csc(N)n2)c(C)c1. The number of rotatable bonds is 2. The molecule has 1 heterocycles. The maximum absolute atomic E-state index is 5.60. The van der Waals surface area contributed by atoms with Crippen molar-refractivity contribution in [3.05, 3.63) is 46.0 Å². The normalized spacial score (nSPS) is 10.5. The van der Waals surface area contributed by atoms with Crippen LogP contribution in [0.1, 0.15) is 22.4 Å². The lowest BCUT2D eigenvalue weighted by atomic mass is 10.0. The lowest BCUT2D eigenvalue weighted by molar-refractivity contribution is 1.09. The van der Waals surface area contributed by atoms with E-state index in [4.69, 9.17) is 5.73 Å². The zero-order chi connectivity index (χ0) is 10.8. The van der Waals surface area contributed by atoms with Gasteiger partial charge in [-0.25, -0.2) is 4.98 Å². The minimum absolute atomic E-state index is 0.648. The van der Waals surface area contributed by atoms with E-state index >= 15 is 0 Å². The van der Waals surface area contributed by atoms with Crippen molar-refractivity contribution in [1.29, 1.82) is 0 Å². The number of hydrogen-bond acceptors (Lipinski definition) is 3. The predicted octanol–water partition coefficient (Wildman–Crippen LogP) is 2.93. The molecule has 1 aromatic carbocycles. The summed E-state index contributed by atoms with van der Waals surface area (Å²) < 4.78 is 0. The van der Waals surface area contributed by atoms with Gasteiger partial charge in [-0.3, -0.25) is 0 Å². The number of nitrogens with zero attached hydrogens (tertiary/aromatic N) is 1. The molecule has 0 unspecified atom stereocenters. The first kappa shape index (κ1) is 10.2. The average Bonchev–Trinajstić information content (AvgIpc) is 2.56. The molecule has 0 atom stereocenters. The van der Waals surface area contributed by atoms with Crippen LogP contribution < -0.4 is 5.73 Å². The second-order valence-corrected chi connectivity index (χ2v) is 4.67. The summed E-state index contributed by atoms with van der Waals surface area (Å²) in [6.45, 7) is 4.25. The van der Waals surface area contributed by atoms with Crippen LogP contribution in [0.25, 0.3) is 0 Å². The Labute approximate surface area is 93.8 Å². The summed E-state index contributed by atoms with van der Waals surface area (Å²) in [5.74, 6) is 0. The first-order valence-corrected chi connectivity index (χ1v) is 5.79. The number of anilines is 1. The average molecular weight is 218 g/mol. The molecule has 0 saturated heterocycles. The Kier molecular flexibility index (Phi) is 2.73. The van der Waals surface area contributed by atoms with Crippen molar-refractivity contribution in [1.82, 2.24) is 4.98 Å². The van der Waals surface area contributed by atoms with Crippen molar-refractivity contribution in [2.24, 2.45) is 0 Å². The first-order valence-electron chi connectivity index (χ1n) is 4.91. The summed E-state index contributed by atoms with van der Waals surface area (Å²) in [6.07, 6.45) is 0.875. The number of aromatic nitrogens is 1. The molecule has 0 fully saturated rings. The van der Waals surface area contributed by atoms with E-state index in [1.807, 2.05) is 5.38 Å². The number of nitrogen functional groups attached to an aromatic ring is 1. The summed E-state index contributed by atoms with van der Waals surface area (Å²) in [5, 5.41) is 2.67. The summed E-state index contributed by atoms with van der Waals surface area (Å²) in [6, 6.07) is 6.50. The lowest BCUT2D eigenvalue weighted by Gasteiger charge is -2.04. The second-order valence-electron chi connectivity index (χ2n) is 3.78. The van der Waals surface area contributed by atoms with Gasteiger partial charge in [0.25, 0.3) is 0 Å². The van der Waals surface area contributed by atoms with Gasteiger partial charge in [0.05, 0.1) is 5.69 Å². The highest BCUT2D eigenvalue weighted by Crippen LogP contribution is 2.18. The monoisotopic (exact) mass is 218 g/mol. The molecule has 15 heavy (non-hydrogen) atoms. The molecule has 1 aromatic heterocycles. The van der Waals surface area contributed by atoms with E-state index in [1.165, 1.54) is 28.0 Å². The number of thiazole rings is 1. The van der Waals surface area contributed by atoms with Crippen LogP contribution in [0.5, 0.6) is 0 Å². The first-order chi connectivity index (χ1) is 7.15. The molecule has 0 aliphatic rings. The Balaban J connectivity index is 2.24. The van der Waals surface area contributed by atoms with Gasteiger partial charge in [0, 0.05) is 11.8 Å². The summed E-state index contributed by atoms with van der Waals surface area (Å²) in [4.78, 5) is 4.27. The number of aryl methyl sites for hydroxylation is 2. The van der Waals surface area contributed by atoms with Crippen molar-refractivity contribution in [3.63, 3.8) is 0 Å². The van der Waals surface area contributed by atoms with Crippen molar-refractivity contribution < 1.29 is 0 Å². The molecule has 0 saturated carbocycles. The molecule has 0 aliphatic heterocycles. The number of nitrogens with two attached hydrogens (primary N) is 1. The minimum Gasteiger partial charge on any atom is -0.375 e. The third-order valence-electron chi connectivity index (χ3n) is 2.44. The molecule has 2 aromatic rings. The molecule has 0 aliphatic carbocycles. The molecule has 0 radical (unpaired) electrons. The van der Waals surface area contributed by atoms with E-state index < -0.39 is 0 Å². The molecule has 0 amide bonds. The highest BCUT2D eigenvalue weighted by Gasteiger charge is 2.03. The van der Waals surface area contributed by atoms with Crippen LogP contribution in [0, 0.1) is 13.8 Å². The highest BCUT2D eigenvalue weighted by molar-refractivity contribution is 7.13. The third-order valence-corrected chi connectivity index (χ3v) is 3.16. The van der Waals surface area contributed by atoms with Crippen molar-refractivity contribution >= 4 is 16.5 Å². The Morgan fingerprint density at radius 3 is 2.73 bits per heavy atom. The zero-order valence-electron chi connectivity index (χ0n) is 8.95. The molecule has 0 spiro atoms. The van der Waals surface area contributed by atoms with Crippen molar-refractivity contribution in [3.8, 4) is 0 Å². The van der Waals surface area contributed by atoms with Gasteiger partial charge in [0.15, 0.2) is 5.13 Å². The minimum atomic E-state index is 0.648. The maximum Gasteiger partial charge on any atom is 0.180 e. The van der Waals surface area contributed by atoms with Crippen LogP contribution in [-0.4, -0.2) is 4.98 Å². The zero-order valence-corrected chi connectivity index (χ0v) is 9.77. The molecule has 2 rings (SSSR count). The van der Waals surface area contributed by atoms with Crippen molar-refractivity contribution in [2.45, 2.75) is 20.3 Å². The molecule has 0 bridgehead atoms. The van der Waals surface area contributed by atoms with Crippen LogP contribution in [0.15, 0.2) is 23.6 Å². The van der Waals surface area contributed by atoms with Gasteiger partial charge >= 0.3 is 0 Å². The smallest absolute Gasteiger partial charge is 0.180 e. The van der Waals surface area contributed by atoms with Crippen LogP contribution >= 0.6 is 11.3 Å². The Morgan fingerprint density at radius 1 is 1.33 bits per heavy atom. The van der Waals surface area contributed by atoms with Crippen molar-refractivity contribution in [2.75, 3.05) is 5.73 Å². The summed E-state index contributed by atoms with van der Waals surface area (Å²) >= 11 is 1.50. The fraction of sp³-hybridized carbons (Fsp3) is 0.250. The Morgan fingerprint density at radius 2 is 2.13 bits per heavy atom. The standard InChI is InChI=1S/C12H14N2S/c1-8-3-4-10(9(2)5-8)6-11-7-15-12(13)14-11/h3-5,7H,6H2,1-2H3,(H2,13,14). The Hall–Kier alpha value is -1.35. The van der Waals surface area contributed by atoms with Crippen LogP contribution in [-0.2, 0) is 6.42 Å². The van der Waals surface area contributed by atoms with Gasteiger partial charge in [-0.05, 0) is 25.0 Å². The number of benzene rings is 1. The molecule has 78 valence electrons. The summed E-state index contributed by atoms with van der Waals surface area (Å²) in [7, 11) is 0. The molecular weight excluding hydrogens is 204 g/mol. The van der Waals surface area contributed by atoms with E-state index in [0.717, 1.165) is 12.1 Å². The van der Waals surface area contributed by atoms with E-state index in [0.29, 0.717) is 5.13 Å². The van der Waals surface area contributed by atoms with Gasteiger partial charge in [0.1, 0.15) is 0 Å². The summed E-state index contributed by atoms with van der Waals surface area (Å²) in [5.41, 5.74) is 10.6. The second kappa shape index (κ2) is 4.03. The van der Waals surface area contributed by atoms with Crippen LogP contribution in [0.2, 0.25) is 0 Å². The van der Waals surface area contributed by atoms with Gasteiger partial charge in [-0.15, -0.1) is 11.3 Å².